The lowest BCUT2D eigenvalue weighted by Crippen LogP contribution is -2.06. The number of fused-ring (bicyclic) bond motifs is 1. The molecular weight excluding hydrogens is 208 g/mol. The minimum absolute atomic E-state index is 0.0511. The second-order valence-electron chi connectivity index (χ2n) is 4.55. The van der Waals surface area contributed by atoms with Gasteiger partial charge in [-0.3, -0.25) is 0 Å². The van der Waals surface area contributed by atoms with Gasteiger partial charge in [0.05, 0.1) is 0 Å². The molecule has 1 radical (unpaired) electrons. The van der Waals surface area contributed by atoms with Crippen molar-refractivity contribution in [2.75, 3.05) is 0 Å². The highest BCUT2D eigenvalue weighted by Gasteiger charge is 2.22. The van der Waals surface area contributed by atoms with Crippen LogP contribution in [0.25, 0.3) is 11.1 Å². The average molecular weight is 223 g/mol. The SMILES string of the molecule is [CH2]C1Cc2cccc(-c3ccccc3C)c2O1. The monoisotopic (exact) mass is 223 g/mol. The highest BCUT2D eigenvalue weighted by atomic mass is 16.5. The van der Waals surface area contributed by atoms with Gasteiger partial charge >= 0.3 is 0 Å². The van der Waals surface area contributed by atoms with Crippen LogP contribution in [-0.2, 0) is 6.42 Å². The van der Waals surface area contributed by atoms with Crippen molar-refractivity contribution in [2.45, 2.75) is 19.4 Å². The molecule has 0 aliphatic carbocycles. The third kappa shape index (κ3) is 1.72. The second kappa shape index (κ2) is 3.92. The maximum atomic E-state index is 5.84. The summed E-state index contributed by atoms with van der Waals surface area (Å²) in [5.74, 6) is 1.02. The zero-order chi connectivity index (χ0) is 11.8. The lowest BCUT2D eigenvalue weighted by molar-refractivity contribution is 0.282. The van der Waals surface area contributed by atoms with Crippen LogP contribution in [0.4, 0.5) is 0 Å². The largest absolute Gasteiger partial charge is 0.489 e. The highest BCUT2D eigenvalue weighted by Crippen LogP contribution is 2.39. The molecule has 1 atom stereocenters. The molecule has 1 aliphatic rings. The quantitative estimate of drug-likeness (QED) is 0.714. The molecular formula is C16H15O. The number of para-hydroxylation sites is 1. The van der Waals surface area contributed by atoms with Crippen molar-refractivity contribution in [3.8, 4) is 16.9 Å². The summed E-state index contributed by atoms with van der Waals surface area (Å²) in [6, 6.07) is 14.8. The van der Waals surface area contributed by atoms with Crippen LogP contribution in [0, 0.1) is 13.8 Å². The topological polar surface area (TPSA) is 9.23 Å². The first-order valence-electron chi connectivity index (χ1n) is 5.93. The lowest BCUT2D eigenvalue weighted by Gasteiger charge is -2.11. The van der Waals surface area contributed by atoms with Crippen LogP contribution in [0.5, 0.6) is 5.75 Å². The normalized spacial score (nSPS) is 17.6. The highest BCUT2D eigenvalue weighted by molar-refractivity contribution is 5.75. The van der Waals surface area contributed by atoms with Crippen molar-refractivity contribution in [3.63, 3.8) is 0 Å². The second-order valence-corrected chi connectivity index (χ2v) is 4.55. The van der Waals surface area contributed by atoms with E-state index in [1.807, 2.05) is 0 Å². The zero-order valence-corrected chi connectivity index (χ0v) is 9.94. The van der Waals surface area contributed by atoms with Gasteiger partial charge in [0, 0.05) is 12.0 Å². The van der Waals surface area contributed by atoms with Crippen LogP contribution in [-0.4, -0.2) is 6.10 Å². The Morgan fingerprint density at radius 2 is 1.82 bits per heavy atom. The number of ether oxygens (including phenoxy) is 1. The summed E-state index contributed by atoms with van der Waals surface area (Å²) in [6.45, 7) is 6.12. The van der Waals surface area contributed by atoms with E-state index in [2.05, 4.69) is 56.3 Å². The summed E-state index contributed by atoms with van der Waals surface area (Å²) in [5.41, 5.74) is 4.98. The van der Waals surface area contributed by atoms with E-state index in [9.17, 15) is 0 Å². The molecule has 1 heteroatoms. The van der Waals surface area contributed by atoms with Crippen molar-refractivity contribution in [1.82, 2.24) is 0 Å². The summed E-state index contributed by atoms with van der Waals surface area (Å²) in [4.78, 5) is 0. The Morgan fingerprint density at radius 1 is 1.06 bits per heavy atom. The van der Waals surface area contributed by atoms with Crippen molar-refractivity contribution in [3.05, 3.63) is 60.5 Å². The molecule has 0 saturated carbocycles. The molecule has 0 amide bonds. The molecule has 2 aromatic rings. The van der Waals surface area contributed by atoms with Gasteiger partial charge in [0.15, 0.2) is 0 Å². The van der Waals surface area contributed by atoms with Gasteiger partial charge in [-0.05, 0) is 30.5 Å². The van der Waals surface area contributed by atoms with Gasteiger partial charge in [0.25, 0.3) is 0 Å². The molecule has 17 heavy (non-hydrogen) atoms. The standard InChI is InChI=1S/C16H15O/c1-11-6-3-4-8-14(11)15-9-5-7-13-10-12(2)17-16(13)15/h3-9,12H,2,10H2,1H3. The Hall–Kier alpha value is -1.76. The van der Waals surface area contributed by atoms with E-state index >= 15 is 0 Å². The van der Waals surface area contributed by atoms with Crippen LogP contribution in [0.15, 0.2) is 42.5 Å². The van der Waals surface area contributed by atoms with E-state index in [4.69, 9.17) is 4.74 Å². The molecule has 1 nitrogen and oxygen atoms in total. The van der Waals surface area contributed by atoms with Crippen LogP contribution >= 0.6 is 0 Å². The number of rotatable bonds is 1. The molecule has 3 rings (SSSR count). The Labute approximate surface area is 102 Å². The molecule has 85 valence electrons. The molecule has 0 spiro atoms. The van der Waals surface area contributed by atoms with E-state index in [1.165, 1.54) is 22.3 Å². The number of hydrogen-bond acceptors (Lipinski definition) is 1. The third-order valence-electron chi connectivity index (χ3n) is 3.26. The summed E-state index contributed by atoms with van der Waals surface area (Å²) in [7, 11) is 0. The molecule has 0 fully saturated rings. The fourth-order valence-electron chi connectivity index (χ4n) is 2.43. The lowest BCUT2D eigenvalue weighted by atomic mass is 9.97. The van der Waals surface area contributed by atoms with Gasteiger partial charge < -0.3 is 4.74 Å². The first kappa shape index (κ1) is 10.4. The molecule has 0 bridgehead atoms. The Balaban J connectivity index is 2.18. The minimum atomic E-state index is 0.0511. The van der Waals surface area contributed by atoms with Crippen molar-refractivity contribution in [2.24, 2.45) is 0 Å². The molecule has 1 unspecified atom stereocenters. The first-order valence-corrected chi connectivity index (χ1v) is 5.93. The van der Waals surface area contributed by atoms with Gasteiger partial charge in [0.2, 0.25) is 0 Å². The Bertz CT molecular complexity index is 557. The molecule has 0 N–H and O–H groups in total. The molecule has 0 saturated heterocycles. The van der Waals surface area contributed by atoms with E-state index in [-0.39, 0.29) is 6.10 Å². The average Bonchev–Trinajstić information content (AvgIpc) is 2.70. The van der Waals surface area contributed by atoms with Crippen molar-refractivity contribution < 1.29 is 4.74 Å². The predicted molar refractivity (Wildman–Crippen MR) is 70.1 cm³/mol. The molecule has 0 aromatic heterocycles. The van der Waals surface area contributed by atoms with E-state index in [0.717, 1.165) is 12.2 Å². The van der Waals surface area contributed by atoms with Gasteiger partial charge in [0.1, 0.15) is 11.9 Å². The Morgan fingerprint density at radius 3 is 2.65 bits per heavy atom. The third-order valence-corrected chi connectivity index (χ3v) is 3.26. The van der Waals surface area contributed by atoms with Crippen LogP contribution in [0.1, 0.15) is 11.1 Å². The van der Waals surface area contributed by atoms with Crippen LogP contribution in [0.3, 0.4) is 0 Å². The van der Waals surface area contributed by atoms with Crippen molar-refractivity contribution >= 4 is 0 Å². The van der Waals surface area contributed by atoms with E-state index in [1.54, 1.807) is 0 Å². The minimum Gasteiger partial charge on any atom is -0.489 e. The van der Waals surface area contributed by atoms with E-state index in [0.29, 0.717) is 0 Å². The van der Waals surface area contributed by atoms with Gasteiger partial charge in [-0.25, -0.2) is 0 Å². The van der Waals surface area contributed by atoms with Crippen LogP contribution < -0.4 is 4.74 Å². The molecule has 1 heterocycles. The maximum Gasteiger partial charge on any atom is 0.130 e. The van der Waals surface area contributed by atoms with Gasteiger partial charge in [-0.1, -0.05) is 42.5 Å². The summed E-state index contributed by atoms with van der Waals surface area (Å²) >= 11 is 0. The number of benzene rings is 2. The molecule has 2 aromatic carbocycles. The summed E-state index contributed by atoms with van der Waals surface area (Å²) < 4.78 is 5.84. The number of hydrogen-bond donors (Lipinski definition) is 0. The van der Waals surface area contributed by atoms with Crippen LogP contribution in [0.2, 0.25) is 0 Å². The maximum absolute atomic E-state index is 5.84. The van der Waals surface area contributed by atoms with E-state index < -0.39 is 0 Å². The zero-order valence-electron chi connectivity index (χ0n) is 9.94. The smallest absolute Gasteiger partial charge is 0.130 e. The number of aryl methyl sites for hydroxylation is 1. The predicted octanol–water partition coefficient (Wildman–Crippen LogP) is 3.80. The first-order chi connectivity index (χ1) is 8.25. The summed E-state index contributed by atoms with van der Waals surface area (Å²) in [5, 5.41) is 0. The summed E-state index contributed by atoms with van der Waals surface area (Å²) in [6.07, 6.45) is 0.963. The van der Waals surface area contributed by atoms with Gasteiger partial charge in [-0.2, -0.15) is 0 Å². The molecule has 1 aliphatic heterocycles. The fourth-order valence-corrected chi connectivity index (χ4v) is 2.43. The van der Waals surface area contributed by atoms with Gasteiger partial charge in [-0.15, -0.1) is 0 Å². The van der Waals surface area contributed by atoms with Crippen molar-refractivity contribution in [1.29, 1.82) is 0 Å². The Kier molecular flexibility index (Phi) is 2.40. The fraction of sp³-hybridized carbons (Fsp3) is 0.188.